The summed E-state index contributed by atoms with van der Waals surface area (Å²) in [4.78, 5) is 4.07. The van der Waals surface area contributed by atoms with Gasteiger partial charge < -0.3 is 10.1 Å². The molecule has 0 radical (unpaired) electrons. The second-order valence-electron chi connectivity index (χ2n) is 4.29. The Labute approximate surface area is 99.2 Å². The zero-order chi connectivity index (χ0) is 12.3. The van der Waals surface area contributed by atoms with E-state index in [2.05, 4.69) is 25.8 Å². The number of hydrogen-bond donors (Lipinski definition) is 1. The van der Waals surface area contributed by atoms with E-state index in [4.69, 9.17) is 4.74 Å². The van der Waals surface area contributed by atoms with Gasteiger partial charge in [0, 0.05) is 13.2 Å². The number of hydrogen-bond acceptors (Lipinski definition) is 6. The summed E-state index contributed by atoms with van der Waals surface area (Å²) in [5, 5.41) is 14.5. The van der Waals surface area contributed by atoms with Crippen molar-refractivity contribution >= 4 is 11.5 Å². The molecule has 92 valence electrons. The van der Waals surface area contributed by atoms with Gasteiger partial charge in [-0.05, 0) is 31.2 Å². The normalized spacial score (nSPS) is 11.9. The highest BCUT2D eigenvalue weighted by atomic mass is 16.5. The molecule has 0 aliphatic carbocycles. The molecule has 2 aromatic rings. The van der Waals surface area contributed by atoms with Crippen LogP contribution in [0.3, 0.4) is 0 Å². The van der Waals surface area contributed by atoms with Crippen molar-refractivity contribution in [3.63, 3.8) is 0 Å². The van der Waals surface area contributed by atoms with Crippen LogP contribution in [0, 0.1) is 0 Å². The van der Waals surface area contributed by atoms with Gasteiger partial charge in [-0.2, -0.15) is 4.52 Å². The van der Waals surface area contributed by atoms with Crippen LogP contribution in [0.25, 0.3) is 5.65 Å². The predicted octanol–water partition coefficient (Wildman–Crippen LogP) is 0.746. The lowest BCUT2D eigenvalue weighted by Crippen LogP contribution is -2.33. The van der Waals surface area contributed by atoms with Gasteiger partial charge in [-0.3, -0.25) is 4.98 Å². The third-order valence-corrected chi connectivity index (χ3v) is 2.34. The zero-order valence-electron chi connectivity index (χ0n) is 10.2. The Kier molecular flexibility index (Phi) is 3.19. The highest BCUT2D eigenvalue weighted by Crippen LogP contribution is 2.12. The van der Waals surface area contributed by atoms with Gasteiger partial charge in [-0.25, -0.2) is 0 Å². The van der Waals surface area contributed by atoms with Gasteiger partial charge in [0.2, 0.25) is 0 Å². The SMILES string of the molecule is CCOC(C)(C)CNc1cncc2nnnn12. The summed E-state index contributed by atoms with van der Waals surface area (Å²) < 4.78 is 7.21. The summed E-state index contributed by atoms with van der Waals surface area (Å²) in [6.45, 7) is 7.36. The number of nitrogens with one attached hydrogen (secondary N) is 1. The first-order chi connectivity index (χ1) is 8.12. The van der Waals surface area contributed by atoms with Crippen LogP contribution in [0.2, 0.25) is 0 Å². The third-order valence-electron chi connectivity index (χ3n) is 2.34. The molecule has 2 aromatic heterocycles. The van der Waals surface area contributed by atoms with E-state index in [1.54, 1.807) is 16.9 Å². The quantitative estimate of drug-likeness (QED) is 0.825. The smallest absolute Gasteiger partial charge is 0.199 e. The largest absolute Gasteiger partial charge is 0.374 e. The minimum absolute atomic E-state index is 0.245. The minimum Gasteiger partial charge on any atom is -0.374 e. The van der Waals surface area contributed by atoms with Gasteiger partial charge in [-0.15, -0.1) is 5.10 Å². The lowest BCUT2D eigenvalue weighted by Gasteiger charge is -2.25. The average Bonchev–Trinajstić information content (AvgIpc) is 2.74. The summed E-state index contributed by atoms with van der Waals surface area (Å²) in [7, 11) is 0. The lowest BCUT2D eigenvalue weighted by molar-refractivity contribution is 0.000613. The molecule has 0 fully saturated rings. The van der Waals surface area contributed by atoms with Crippen molar-refractivity contribution < 1.29 is 4.74 Å². The molecule has 2 rings (SSSR count). The summed E-state index contributed by atoms with van der Waals surface area (Å²) in [5.74, 6) is 0.750. The third kappa shape index (κ3) is 2.68. The molecule has 7 heteroatoms. The molecule has 0 saturated heterocycles. The fourth-order valence-corrected chi connectivity index (χ4v) is 1.54. The van der Waals surface area contributed by atoms with E-state index < -0.39 is 0 Å². The van der Waals surface area contributed by atoms with Crippen molar-refractivity contribution in [1.29, 1.82) is 0 Å². The first-order valence-corrected chi connectivity index (χ1v) is 5.52. The topological polar surface area (TPSA) is 77.2 Å². The molecule has 0 amide bonds. The number of fused-ring (bicyclic) bond motifs is 1. The van der Waals surface area contributed by atoms with Crippen LogP contribution in [0.4, 0.5) is 5.82 Å². The number of nitrogens with zero attached hydrogens (tertiary/aromatic N) is 5. The van der Waals surface area contributed by atoms with Gasteiger partial charge in [0.25, 0.3) is 0 Å². The molecule has 7 nitrogen and oxygen atoms in total. The van der Waals surface area contributed by atoms with Crippen molar-refractivity contribution in [2.24, 2.45) is 0 Å². The molecule has 0 saturated carbocycles. The molecule has 0 atom stereocenters. The van der Waals surface area contributed by atoms with Crippen LogP contribution in [-0.2, 0) is 4.74 Å². The number of aromatic nitrogens is 5. The minimum atomic E-state index is -0.245. The Morgan fingerprint density at radius 2 is 2.24 bits per heavy atom. The molecule has 0 aliphatic rings. The predicted molar refractivity (Wildman–Crippen MR) is 62.8 cm³/mol. The van der Waals surface area contributed by atoms with Crippen molar-refractivity contribution in [1.82, 2.24) is 25.0 Å². The summed E-state index contributed by atoms with van der Waals surface area (Å²) in [6.07, 6.45) is 3.30. The van der Waals surface area contributed by atoms with E-state index in [0.29, 0.717) is 18.8 Å². The van der Waals surface area contributed by atoms with E-state index >= 15 is 0 Å². The molecule has 0 spiro atoms. The zero-order valence-corrected chi connectivity index (χ0v) is 10.2. The molecule has 0 unspecified atom stereocenters. The van der Waals surface area contributed by atoms with E-state index in [-0.39, 0.29) is 5.60 Å². The number of ether oxygens (including phenoxy) is 1. The fourth-order valence-electron chi connectivity index (χ4n) is 1.54. The fraction of sp³-hybridized carbons (Fsp3) is 0.600. The highest BCUT2D eigenvalue weighted by molar-refractivity contribution is 5.43. The van der Waals surface area contributed by atoms with E-state index in [0.717, 1.165) is 5.82 Å². The molecule has 17 heavy (non-hydrogen) atoms. The maximum absolute atomic E-state index is 5.60. The number of anilines is 1. The Balaban J connectivity index is 2.11. The first kappa shape index (κ1) is 11.7. The van der Waals surface area contributed by atoms with Crippen LogP contribution >= 0.6 is 0 Å². The van der Waals surface area contributed by atoms with E-state index in [9.17, 15) is 0 Å². The molecule has 1 N–H and O–H groups in total. The van der Waals surface area contributed by atoms with Crippen molar-refractivity contribution in [2.45, 2.75) is 26.4 Å². The van der Waals surface area contributed by atoms with Crippen molar-refractivity contribution in [3.8, 4) is 0 Å². The highest BCUT2D eigenvalue weighted by Gasteiger charge is 2.17. The van der Waals surface area contributed by atoms with Gasteiger partial charge in [0.1, 0.15) is 0 Å². The van der Waals surface area contributed by atoms with Crippen LogP contribution < -0.4 is 5.32 Å². The lowest BCUT2D eigenvalue weighted by atomic mass is 10.1. The monoisotopic (exact) mass is 236 g/mol. The van der Waals surface area contributed by atoms with Crippen LogP contribution in [0.1, 0.15) is 20.8 Å². The van der Waals surface area contributed by atoms with Gasteiger partial charge >= 0.3 is 0 Å². The Morgan fingerprint density at radius 3 is 3.00 bits per heavy atom. The van der Waals surface area contributed by atoms with Crippen molar-refractivity contribution in [3.05, 3.63) is 12.4 Å². The molecular formula is C10H16N6O. The van der Waals surface area contributed by atoms with Gasteiger partial charge in [0.15, 0.2) is 11.5 Å². The van der Waals surface area contributed by atoms with E-state index in [1.165, 1.54) is 0 Å². The molecule has 0 aliphatic heterocycles. The Hall–Kier alpha value is -1.76. The maximum Gasteiger partial charge on any atom is 0.199 e. The second-order valence-corrected chi connectivity index (χ2v) is 4.29. The first-order valence-electron chi connectivity index (χ1n) is 5.52. The molecule has 0 bridgehead atoms. The van der Waals surface area contributed by atoms with Crippen LogP contribution in [0.15, 0.2) is 12.4 Å². The second kappa shape index (κ2) is 4.62. The summed E-state index contributed by atoms with van der Waals surface area (Å²) in [6, 6.07) is 0. The van der Waals surface area contributed by atoms with Gasteiger partial charge in [-0.1, -0.05) is 0 Å². The average molecular weight is 236 g/mol. The Morgan fingerprint density at radius 1 is 1.41 bits per heavy atom. The maximum atomic E-state index is 5.60. The molecule has 2 heterocycles. The van der Waals surface area contributed by atoms with Crippen LogP contribution in [0.5, 0.6) is 0 Å². The Bertz CT molecular complexity index is 494. The summed E-state index contributed by atoms with van der Waals surface area (Å²) in [5.41, 5.74) is 0.370. The molecule has 0 aromatic carbocycles. The summed E-state index contributed by atoms with van der Waals surface area (Å²) >= 11 is 0. The number of rotatable bonds is 5. The van der Waals surface area contributed by atoms with Gasteiger partial charge in [0.05, 0.1) is 18.0 Å². The number of tetrazole rings is 1. The molecular weight excluding hydrogens is 220 g/mol. The van der Waals surface area contributed by atoms with Crippen LogP contribution in [-0.4, -0.2) is 43.8 Å². The standard InChI is InChI=1S/C10H16N6O/c1-4-17-10(2,3)7-12-8-5-11-6-9-13-14-15-16(8)9/h5-6,12H,4,7H2,1-3H3. The van der Waals surface area contributed by atoms with Crippen molar-refractivity contribution in [2.75, 3.05) is 18.5 Å². The van der Waals surface area contributed by atoms with E-state index in [1.807, 2.05) is 20.8 Å².